The van der Waals surface area contributed by atoms with E-state index in [2.05, 4.69) is 55.0 Å². The Bertz CT molecular complexity index is 552. The number of nitrogens with zero attached hydrogens (tertiary/aromatic N) is 2. The predicted octanol–water partition coefficient (Wildman–Crippen LogP) is 3.94. The molecule has 1 aromatic carbocycles. The van der Waals surface area contributed by atoms with Crippen LogP contribution in [0.1, 0.15) is 39.7 Å². The van der Waals surface area contributed by atoms with Gasteiger partial charge in [-0.3, -0.25) is 4.99 Å². The van der Waals surface area contributed by atoms with E-state index in [4.69, 9.17) is 4.74 Å². The van der Waals surface area contributed by atoms with Crippen LogP contribution in [-0.2, 0) is 6.42 Å². The molecule has 24 heavy (non-hydrogen) atoms. The van der Waals surface area contributed by atoms with E-state index in [1.165, 1.54) is 5.56 Å². The summed E-state index contributed by atoms with van der Waals surface area (Å²) in [6.07, 6.45) is 2.14. The third kappa shape index (κ3) is 4.35. The van der Waals surface area contributed by atoms with Gasteiger partial charge in [-0.1, -0.05) is 26.0 Å². The number of hydrogen-bond donors (Lipinski definition) is 1. The topological polar surface area (TPSA) is 36.9 Å². The molecule has 0 unspecified atom stereocenters. The number of rotatable bonds is 5. The normalized spacial score (nSPS) is 18.4. The van der Waals surface area contributed by atoms with Gasteiger partial charge in [0.2, 0.25) is 0 Å². The van der Waals surface area contributed by atoms with Crippen molar-refractivity contribution in [3.63, 3.8) is 0 Å². The lowest BCUT2D eigenvalue weighted by molar-refractivity contribution is -0.0667. The molecular weight excluding hydrogens is 413 g/mol. The number of guanidine groups is 1. The summed E-state index contributed by atoms with van der Waals surface area (Å²) >= 11 is 0. The van der Waals surface area contributed by atoms with Gasteiger partial charge in [0.25, 0.3) is 0 Å². The molecule has 0 saturated carbocycles. The van der Waals surface area contributed by atoms with Crippen LogP contribution in [0.5, 0.6) is 5.75 Å². The minimum absolute atomic E-state index is 0. The fourth-order valence-corrected chi connectivity index (χ4v) is 2.98. The molecule has 0 spiro atoms. The van der Waals surface area contributed by atoms with Crippen molar-refractivity contribution < 1.29 is 4.74 Å². The lowest BCUT2D eigenvalue weighted by atomic mass is 9.65. The summed E-state index contributed by atoms with van der Waals surface area (Å²) in [4.78, 5) is 6.83. The first kappa shape index (κ1) is 21.1. The van der Waals surface area contributed by atoms with Crippen LogP contribution in [0, 0.1) is 5.41 Å². The first-order valence-electron chi connectivity index (χ1n) is 8.43. The van der Waals surface area contributed by atoms with Gasteiger partial charge >= 0.3 is 0 Å². The van der Waals surface area contributed by atoms with E-state index >= 15 is 0 Å². The Kier molecular flexibility index (Phi) is 7.38. The smallest absolute Gasteiger partial charge is 0.194 e. The van der Waals surface area contributed by atoms with Crippen molar-refractivity contribution in [2.45, 2.75) is 46.1 Å². The van der Waals surface area contributed by atoms with E-state index < -0.39 is 0 Å². The zero-order valence-corrected chi connectivity index (χ0v) is 18.2. The van der Waals surface area contributed by atoms with Gasteiger partial charge in [0, 0.05) is 31.1 Å². The van der Waals surface area contributed by atoms with Crippen molar-refractivity contribution in [1.82, 2.24) is 10.2 Å². The minimum Gasteiger partial charge on any atom is -0.497 e. The molecule has 1 aliphatic rings. The molecule has 0 bridgehead atoms. The molecule has 2 rings (SSSR count). The summed E-state index contributed by atoms with van der Waals surface area (Å²) < 4.78 is 5.19. The van der Waals surface area contributed by atoms with Crippen LogP contribution < -0.4 is 10.1 Å². The molecule has 1 heterocycles. The van der Waals surface area contributed by atoms with E-state index in [1.54, 1.807) is 7.11 Å². The molecule has 0 aliphatic carbocycles. The summed E-state index contributed by atoms with van der Waals surface area (Å²) in [5.74, 6) is 1.93. The Morgan fingerprint density at radius 1 is 1.21 bits per heavy atom. The average molecular weight is 445 g/mol. The molecule has 136 valence electrons. The van der Waals surface area contributed by atoms with Crippen molar-refractivity contribution in [2.75, 3.05) is 27.2 Å². The zero-order chi connectivity index (χ0) is 17.1. The molecule has 4 nitrogen and oxygen atoms in total. The number of benzene rings is 1. The number of methoxy groups -OCH3 is 1. The van der Waals surface area contributed by atoms with Crippen LogP contribution in [0.2, 0.25) is 0 Å². The second-order valence-electron chi connectivity index (χ2n) is 7.45. The third-order valence-electron chi connectivity index (χ3n) is 5.44. The lowest BCUT2D eigenvalue weighted by Crippen LogP contribution is -2.72. The molecule has 1 aliphatic heterocycles. The highest BCUT2D eigenvalue weighted by Crippen LogP contribution is 2.46. The Morgan fingerprint density at radius 2 is 1.83 bits per heavy atom. The van der Waals surface area contributed by atoms with Gasteiger partial charge in [0.1, 0.15) is 5.75 Å². The molecule has 1 N–H and O–H groups in total. The van der Waals surface area contributed by atoms with Crippen LogP contribution in [0.4, 0.5) is 0 Å². The van der Waals surface area contributed by atoms with Crippen LogP contribution in [-0.4, -0.2) is 43.6 Å². The van der Waals surface area contributed by atoms with Crippen LogP contribution in [0.15, 0.2) is 29.3 Å². The Balaban J connectivity index is 0.00000288. The van der Waals surface area contributed by atoms with Crippen molar-refractivity contribution in [3.05, 3.63) is 29.8 Å². The summed E-state index contributed by atoms with van der Waals surface area (Å²) in [6.45, 7) is 11.2. The van der Waals surface area contributed by atoms with Crippen LogP contribution in [0.25, 0.3) is 0 Å². The Labute approximate surface area is 164 Å². The zero-order valence-electron chi connectivity index (χ0n) is 15.8. The van der Waals surface area contributed by atoms with Gasteiger partial charge in [0.05, 0.1) is 7.11 Å². The second-order valence-corrected chi connectivity index (χ2v) is 7.45. The van der Waals surface area contributed by atoms with Gasteiger partial charge in [-0.25, -0.2) is 0 Å². The van der Waals surface area contributed by atoms with Gasteiger partial charge in [0.15, 0.2) is 5.96 Å². The maximum Gasteiger partial charge on any atom is 0.194 e. The highest BCUT2D eigenvalue weighted by atomic mass is 127. The fraction of sp³-hybridized carbons (Fsp3) is 0.632. The number of halogens is 1. The van der Waals surface area contributed by atoms with E-state index in [0.717, 1.165) is 37.6 Å². The summed E-state index contributed by atoms with van der Waals surface area (Å²) in [5.41, 5.74) is 1.81. The fourth-order valence-electron chi connectivity index (χ4n) is 2.98. The number of nitrogens with one attached hydrogen (secondary N) is 1. The van der Waals surface area contributed by atoms with Crippen molar-refractivity contribution >= 4 is 29.9 Å². The number of hydrogen-bond acceptors (Lipinski definition) is 2. The van der Waals surface area contributed by atoms with E-state index in [0.29, 0.717) is 5.41 Å². The number of likely N-dealkylation sites (tertiary alicyclic amines) is 1. The van der Waals surface area contributed by atoms with E-state index in [-0.39, 0.29) is 29.5 Å². The number of ether oxygens (including phenoxy) is 1. The van der Waals surface area contributed by atoms with Gasteiger partial charge < -0.3 is 15.0 Å². The predicted molar refractivity (Wildman–Crippen MR) is 113 cm³/mol. The molecule has 0 aromatic heterocycles. The Hall–Kier alpha value is -0.980. The van der Waals surface area contributed by atoms with Gasteiger partial charge in [-0.2, -0.15) is 0 Å². The summed E-state index contributed by atoms with van der Waals surface area (Å²) in [6, 6.07) is 8.31. The average Bonchev–Trinajstić information content (AvgIpc) is 2.54. The summed E-state index contributed by atoms with van der Waals surface area (Å²) in [5, 5.41) is 3.51. The minimum atomic E-state index is 0. The van der Waals surface area contributed by atoms with Crippen molar-refractivity contribution in [3.8, 4) is 5.75 Å². The molecule has 0 amide bonds. The monoisotopic (exact) mass is 445 g/mol. The second kappa shape index (κ2) is 8.41. The lowest BCUT2D eigenvalue weighted by Gasteiger charge is -2.62. The molecular formula is C19H32IN3O. The molecule has 0 atom stereocenters. The third-order valence-corrected chi connectivity index (χ3v) is 5.44. The molecule has 1 saturated heterocycles. The summed E-state index contributed by atoms with van der Waals surface area (Å²) in [7, 11) is 3.57. The van der Waals surface area contributed by atoms with Crippen molar-refractivity contribution in [2.24, 2.45) is 10.4 Å². The van der Waals surface area contributed by atoms with Crippen molar-refractivity contribution in [1.29, 1.82) is 0 Å². The standard InChI is InChI=1S/C19H31N3O.HI/c1-18(2)14-22(19(18,3)4)17(20-5)21-13-7-8-15-9-11-16(23-6)12-10-15;/h9-12H,7-8,13-14H2,1-6H3,(H,20,21);1H. The van der Waals surface area contributed by atoms with Gasteiger partial charge in [-0.15, -0.1) is 24.0 Å². The quantitative estimate of drug-likeness (QED) is 0.323. The first-order valence-corrected chi connectivity index (χ1v) is 8.43. The van der Waals surface area contributed by atoms with E-state index in [1.807, 2.05) is 19.2 Å². The maximum atomic E-state index is 5.19. The first-order chi connectivity index (χ1) is 10.8. The number of aliphatic imine (C=N–C) groups is 1. The van der Waals surface area contributed by atoms with E-state index in [9.17, 15) is 0 Å². The highest BCUT2D eigenvalue weighted by Gasteiger charge is 2.53. The number of aryl methyl sites for hydroxylation is 1. The SMILES string of the molecule is CN=C(NCCCc1ccc(OC)cc1)N1CC(C)(C)C1(C)C.I. The van der Waals surface area contributed by atoms with Crippen LogP contribution in [0.3, 0.4) is 0 Å². The maximum absolute atomic E-state index is 5.19. The van der Waals surface area contributed by atoms with Gasteiger partial charge in [-0.05, 0) is 44.4 Å². The molecule has 1 fully saturated rings. The molecule has 5 heteroatoms. The Morgan fingerprint density at radius 3 is 2.29 bits per heavy atom. The highest BCUT2D eigenvalue weighted by molar-refractivity contribution is 14.0. The molecule has 0 radical (unpaired) electrons. The molecule has 1 aromatic rings. The van der Waals surface area contributed by atoms with Crippen LogP contribution >= 0.6 is 24.0 Å². The largest absolute Gasteiger partial charge is 0.497 e.